The molecule has 0 bridgehead atoms. The third kappa shape index (κ3) is 5.33. The minimum Gasteiger partial charge on any atom is -0.404 e. The Bertz CT molecular complexity index is 1210. The normalized spacial score (nSPS) is 19.7. The van der Waals surface area contributed by atoms with E-state index >= 15 is 0 Å². The highest BCUT2D eigenvalue weighted by atomic mass is 32.2. The quantitative estimate of drug-likeness (QED) is 0.430. The lowest BCUT2D eigenvalue weighted by molar-refractivity contribution is 0.0949. The molecule has 2 aromatic rings. The van der Waals surface area contributed by atoms with Crippen molar-refractivity contribution in [2.24, 2.45) is 5.73 Å². The van der Waals surface area contributed by atoms with Crippen molar-refractivity contribution >= 4 is 44.1 Å². The molecule has 176 valence electrons. The number of aromatic nitrogens is 1. The molecule has 1 aromatic carbocycles. The van der Waals surface area contributed by atoms with E-state index in [4.69, 9.17) is 11.1 Å². The molecule has 2 fully saturated rings. The molecular weight excluding hydrogens is 440 g/mol. The predicted octanol–water partition coefficient (Wildman–Crippen LogP) is 1.61. The second-order valence-corrected chi connectivity index (χ2v) is 11.3. The van der Waals surface area contributed by atoms with Gasteiger partial charge in [0, 0.05) is 61.3 Å². The largest absolute Gasteiger partial charge is 0.404 e. The highest BCUT2D eigenvalue weighted by Gasteiger charge is 2.38. The van der Waals surface area contributed by atoms with Crippen LogP contribution in [0.3, 0.4) is 0 Å². The first-order valence-electron chi connectivity index (χ1n) is 11.1. The minimum atomic E-state index is -2.92. The molecule has 10 heteroatoms. The molecule has 2 heterocycles. The van der Waals surface area contributed by atoms with Crippen LogP contribution in [0.15, 0.2) is 30.6 Å². The number of carbonyl (C=O) groups is 1. The maximum absolute atomic E-state index is 13.1. The van der Waals surface area contributed by atoms with Gasteiger partial charge in [-0.1, -0.05) is 6.07 Å². The molecule has 1 aliphatic heterocycles. The summed E-state index contributed by atoms with van der Waals surface area (Å²) in [5.41, 5.74) is 8.91. The van der Waals surface area contributed by atoms with Crippen LogP contribution in [0.1, 0.15) is 35.7 Å². The van der Waals surface area contributed by atoms with Crippen molar-refractivity contribution < 1.29 is 13.2 Å². The molecule has 0 spiro atoms. The zero-order chi connectivity index (χ0) is 23.6. The van der Waals surface area contributed by atoms with Gasteiger partial charge in [0.25, 0.3) is 5.91 Å². The standard InChI is InChI=1S/C23H30N6O3S/c1-23(4-5-23)28-21-18-12-16(17(13-24)14-25)2-3-20(18)27-15-19(21)22(30)26-6-7-29-8-10-33(31,32)11-9-29/h2-3,12-15,24H,4-11,25H2,1H3,(H,26,30)(H,27,28)/b17-14+,24-13?. The van der Waals surface area contributed by atoms with Gasteiger partial charge in [-0.05, 0) is 37.5 Å². The summed E-state index contributed by atoms with van der Waals surface area (Å²) >= 11 is 0. The summed E-state index contributed by atoms with van der Waals surface area (Å²) in [5.74, 6) is 0.103. The van der Waals surface area contributed by atoms with Crippen LogP contribution in [0.25, 0.3) is 16.5 Å². The van der Waals surface area contributed by atoms with Gasteiger partial charge in [-0.15, -0.1) is 0 Å². The predicted molar refractivity (Wildman–Crippen MR) is 131 cm³/mol. The van der Waals surface area contributed by atoms with E-state index in [2.05, 4.69) is 27.4 Å². The summed E-state index contributed by atoms with van der Waals surface area (Å²) in [4.78, 5) is 19.7. The lowest BCUT2D eigenvalue weighted by Gasteiger charge is -2.26. The SMILES string of the molecule is CC1(Nc2c(C(=O)NCCN3CCS(=O)(=O)CC3)cnc3ccc(/C(C=N)=C/N)cc23)CC1. The molecule has 1 saturated carbocycles. The van der Waals surface area contributed by atoms with Crippen molar-refractivity contribution in [3.05, 3.63) is 41.7 Å². The summed E-state index contributed by atoms with van der Waals surface area (Å²) in [7, 11) is -2.92. The van der Waals surface area contributed by atoms with Crippen LogP contribution in [0, 0.1) is 5.41 Å². The number of hydrogen-bond acceptors (Lipinski definition) is 8. The smallest absolute Gasteiger partial charge is 0.255 e. The monoisotopic (exact) mass is 470 g/mol. The van der Waals surface area contributed by atoms with Crippen molar-refractivity contribution in [2.45, 2.75) is 25.3 Å². The maximum Gasteiger partial charge on any atom is 0.255 e. The average Bonchev–Trinajstić information content (AvgIpc) is 3.52. The third-order valence-electron chi connectivity index (χ3n) is 6.36. The minimum absolute atomic E-state index is 0.0628. The highest BCUT2D eigenvalue weighted by Crippen LogP contribution is 2.41. The first-order valence-corrected chi connectivity index (χ1v) is 12.9. The van der Waals surface area contributed by atoms with E-state index in [9.17, 15) is 13.2 Å². The fraction of sp³-hybridized carbons (Fsp3) is 0.435. The van der Waals surface area contributed by atoms with Crippen molar-refractivity contribution in [3.8, 4) is 0 Å². The van der Waals surface area contributed by atoms with E-state index in [0.29, 0.717) is 37.3 Å². The number of carbonyl (C=O) groups excluding carboxylic acids is 1. The Balaban J connectivity index is 1.57. The molecule has 0 unspecified atom stereocenters. The fourth-order valence-electron chi connectivity index (χ4n) is 3.92. The van der Waals surface area contributed by atoms with Crippen molar-refractivity contribution in [2.75, 3.05) is 43.0 Å². The lowest BCUT2D eigenvalue weighted by atomic mass is 10.0. The van der Waals surface area contributed by atoms with Gasteiger partial charge in [-0.2, -0.15) is 0 Å². The van der Waals surface area contributed by atoms with Crippen LogP contribution >= 0.6 is 0 Å². The first-order chi connectivity index (χ1) is 15.7. The Kier molecular flexibility index (Phi) is 6.40. The molecule has 5 N–H and O–H groups in total. The van der Waals surface area contributed by atoms with Crippen LogP contribution in [0.4, 0.5) is 5.69 Å². The van der Waals surface area contributed by atoms with Crippen LogP contribution in [-0.2, 0) is 9.84 Å². The van der Waals surface area contributed by atoms with E-state index in [0.717, 1.165) is 35.0 Å². The van der Waals surface area contributed by atoms with Gasteiger partial charge in [-0.25, -0.2) is 8.42 Å². The topological polar surface area (TPSA) is 141 Å². The Morgan fingerprint density at radius 2 is 2.03 bits per heavy atom. The summed E-state index contributed by atoms with van der Waals surface area (Å²) in [6.07, 6.45) is 6.22. The summed E-state index contributed by atoms with van der Waals surface area (Å²) in [5, 5.41) is 14.9. The zero-order valence-electron chi connectivity index (χ0n) is 18.7. The van der Waals surface area contributed by atoms with E-state index in [1.165, 1.54) is 12.4 Å². The molecule has 0 radical (unpaired) electrons. The molecule has 1 aliphatic carbocycles. The number of nitrogens with two attached hydrogens (primary N) is 1. The van der Waals surface area contributed by atoms with Crippen LogP contribution in [-0.4, -0.2) is 73.6 Å². The average molecular weight is 471 g/mol. The van der Waals surface area contributed by atoms with E-state index in [1.807, 2.05) is 18.2 Å². The Morgan fingerprint density at radius 1 is 1.30 bits per heavy atom. The van der Waals surface area contributed by atoms with Gasteiger partial charge >= 0.3 is 0 Å². The van der Waals surface area contributed by atoms with Gasteiger partial charge in [-0.3, -0.25) is 14.7 Å². The Labute approximate surface area is 193 Å². The zero-order valence-corrected chi connectivity index (χ0v) is 19.5. The van der Waals surface area contributed by atoms with E-state index in [-0.39, 0.29) is 23.0 Å². The van der Waals surface area contributed by atoms with Crippen molar-refractivity contribution in [1.82, 2.24) is 15.2 Å². The summed E-state index contributed by atoms with van der Waals surface area (Å²) in [6.45, 7) is 4.12. The molecule has 4 rings (SSSR count). The van der Waals surface area contributed by atoms with Crippen LogP contribution in [0.2, 0.25) is 0 Å². The molecule has 33 heavy (non-hydrogen) atoms. The number of hydrogen-bond donors (Lipinski definition) is 4. The number of nitrogens with zero attached hydrogens (tertiary/aromatic N) is 2. The number of anilines is 1. The number of fused-ring (bicyclic) bond motifs is 1. The summed E-state index contributed by atoms with van der Waals surface area (Å²) in [6, 6.07) is 5.63. The van der Waals surface area contributed by atoms with Gasteiger partial charge in [0.1, 0.15) is 0 Å². The van der Waals surface area contributed by atoms with Gasteiger partial charge in [0.2, 0.25) is 0 Å². The van der Waals surface area contributed by atoms with Gasteiger partial charge < -0.3 is 21.8 Å². The second-order valence-electron chi connectivity index (χ2n) is 8.98. The number of pyridine rings is 1. The van der Waals surface area contributed by atoms with Gasteiger partial charge in [0.15, 0.2) is 9.84 Å². The number of nitrogens with one attached hydrogen (secondary N) is 3. The van der Waals surface area contributed by atoms with Gasteiger partial charge in [0.05, 0.1) is 28.3 Å². The Hall–Kier alpha value is -2.98. The molecule has 0 atom stereocenters. The summed E-state index contributed by atoms with van der Waals surface area (Å²) < 4.78 is 23.2. The number of rotatable bonds is 8. The molecular formula is C23H30N6O3S. The number of sulfone groups is 1. The maximum atomic E-state index is 13.1. The molecule has 1 saturated heterocycles. The fourth-order valence-corrected chi connectivity index (χ4v) is 5.19. The van der Waals surface area contributed by atoms with Crippen molar-refractivity contribution in [3.63, 3.8) is 0 Å². The number of amides is 1. The first kappa shape index (κ1) is 23.2. The number of allylic oxidation sites excluding steroid dienone is 1. The molecule has 2 aliphatic rings. The third-order valence-corrected chi connectivity index (χ3v) is 7.97. The van der Waals surface area contributed by atoms with E-state index < -0.39 is 9.84 Å². The highest BCUT2D eigenvalue weighted by molar-refractivity contribution is 7.91. The second kappa shape index (κ2) is 9.11. The molecule has 9 nitrogen and oxygen atoms in total. The van der Waals surface area contributed by atoms with E-state index in [1.54, 1.807) is 6.20 Å². The lowest BCUT2D eigenvalue weighted by Crippen LogP contribution is -2.43. The molecule has 1 aromatic heterocycles. The van der Waals surface area contributed by atoms with Crippen LogP contribution in [0.5, 0.6) is 0 Å². The number of benzene rings is 1. The molecule has 1 amide bonds. The Morgan fingerprint density at radius 3 is 2.67 bits per heavy atom. The van der Waals surface area contributed by atoms with Crippen molar-refractivity contribution in [1.29, 1.82) is 5.41 Å². The van der Waals surface area contributed by atoms with Crippen LogP contribution < -0.4 is 16.4 Å².